The number of unbranched alkanes of at least 4 members (excludes halogenated alkanes) is 5. The van der Waals surface area contributed by atoms with Crippen molar-refractivity contribution in [2.75, 3.05) is 53.4 Å². The summed E-state index contributed by atoms with van der Waals surface area (Å²) in [7, 11) is 1.40. The molecule has 23 nitrogen and oxygen atoms in total. The highest BCUT2D eigenvalue weighted by molar-refractivity contribution is 5.97. The molecule has 74 heavy (non-hydrogen) atoms. The van der Waals surface area contributed by atoms with Crippen LogP contribution < -0.4 is 26.0 Å². The van der Waals surface area contributed by atoms with E-state index in [0.29, 0.717) is 18.8 Å². The predicted molar refractivity (Wildman–Crippen MR) is 263 cm³/mol. The van der Waals surface area contributed by atoms with Crippen molar-refractivity contribution < 1.29 is 92.8 Å². The van der Waals surface area contributed by atoms with E-state index < -0.39 is 166 Å². The van der Waals surface area contributed by atoms with E-state index >= 15 is 0 Å². The molecule has 4 amide bonds. The fourth-order valence-corrected chi connectivity index (χ4v) is 10.3. The molecule has 1 aromatic carbocycles. The molecule has 1 saturated carbocycles. The number of fused-ring (bicyclic) bond motifs is 1. The van der Waals surface area contributed by atoms with Crippen LogP contribution in [0.5, 0.6) is 5.75 Å². The maximum Gasteiger partial charge on any atom is 0.255 e. The van der Waals surface area contributed by atoms with E-state index in [1.54, 1.807) is 24.3 Å². The first-order valence-corrected chi connectivity index (χ1v) is 25.9. The Kier molecular flexibility index (Phi) is 24.8. The minimum Gasteiger partial charge on any atom is -0.493 e. The SMILES string of the molecule is CCCCCCC=CCCCOc1ccccc1C(=O)NC1C(O)C(O)C(CO)OC1C1C2C(CO)OC(OCC(CO)OC(OC3C(COC)OCC(NC(C)=O)C3O)C(NC(C)=O)C(C)O)C(NC(C)=O)C21. The van der Waals surface area contributed by atoms with Gasteiger partial charge in [-0.05, 0) is 62.5 Å². The normalized spacial score (nSPS) is 32.4. The molecule has 420 valence electrons. The van der Waals surface area contributed by atoms with Crippen molar-refractivity contribution in [2.24, 2.45) is 17.8 Å². The van der Waals surface area contributed by atoms with Crippen molar-refractivity contribution in [3.05, 3.63) is 42.0 Å². The molecular weight excluding hydrogens is 973 g/mol. The third-order valence-corrected chi connectivity index (χ3v) is 13.9. The smallest absolute Gasteiger partial charge is 0.255 e. The van der Waals surface area contributed by atoms with Gasteiger partial charge in [0.1, 0.15) is 54.5 Å². The molecule has 23 heteroatoms. The Morgan fingerprint density at radius 1 is 0.797 bits per heavy atom. The van der Waals surface area contributed by atoms with E-state index in [-0.39, 0.29) is 18.8 Å². The van der Waals surface area contributed by atoms with Crippen molar-refractivity contribution >= 4 is 23.6 Å². The van der Waals surface area contributed by atoms with Gasteiger partial charge in [0.2, 0.25) is 17.7 Å². The summed E-state index contributed by atoms with van der Waals surface area (Å²) in [6, 6.07) is 2.09. The van der Waals surface area contributed by atoms with Crippen LogP contribution in [0.15, 0.2) is 36.4 Å². The van der Waals surface area contributed by atoms with E-state index in [1.165, 1.54) is 54.1 Å². The molecule has 4 fully saturated rings. The zero-order chi connectivity index (χ0) is 54.1. The monoisotopic (exact) mass is 1050 g/mol. The number of hydrogen-bond acceptors (Lipinski definition) is 19. The maximum absolute atomic E-state index is 14.2. The molecule has 1 aliphatic carbocycles. The molecule has 3 heterocycles. The van der Waals surface area contributed by atoms with Gasteiger partial charge in [0.05, 0.1) is 88.2 Å². The number of carbonyl (C=O) groups is 4. The van der Waals surface area contributed by atoms with E-state index in [1.807, 2.05) is 0 Å². The number of carbonyl (C=O) groups excluding carboxylic acids is 4. The highest BCUT2D eigenvalue weighted by Crippen LogP contribution is 2.59. The van der Waals surface area contributed by atoms with Gasteiger partial charge in [-0.2, -0.15) is 0 Å². The second kappa shape index (κ2) is 30.1. The first-order valence-electron chi connectivity index (χ1n) is 25.9. The fraction of sp³-hybridized carbons (Fsp3) is 0.765. The minimum absolute atomic E-state index is 0.0775. The van der Waals surface area contributed by atoms with E-state index in [2.05, 4.69) is 40.3 Å². The zero-order valence-corrected chi connectivity index (χ0v) is 43.4. The number of methoxy groups -OCH3 is 1. The topological polar surface area (TPSA) is 332 Å². The highest BCUT2D eigenvalue weighted by atomic mass is 16.7. The Balaban J connectivity index is 1.34. The second-order valence-corrected chi connectivity index (χ2v) is 19.6. The Bertz CT molecular complexity index is 1930. The van der Waals surface area contributed by atoms with E-state index in [0.717, 1.165) is 19.3 Å². The van der Waals surface area contributed by atoms with Gasteiger partial charge in [-0.15, -0.1) is 0 Å². The standard InChI is InChI=1S/C51H82N4O19/c1-7-8-9-10-11-12-13-14-17-20-68-34-19-16-15-18-32(34)49(66)55-43-46(65)45(64)36(23-58)72-48(43)40-38-35(22-57)73-50(42(39(38)40)54-30(5)62)70-24-31(21-56)71-51(41(27(2)59)53-29(4)61)74-47-37(26-67-6)69-25-33(44(47)63)52-28(3)60/h12-13,15-16,18-19,27,31,33,35-48,50-51,56-59,63-65H,7-11,14,17,20-26H2,1-6H3,(H,52,60)(H,53,61)(H,54,62)(H,55,66). The van der Waals surface area contributed by atoms with Gasteiger partial charge in [0.15, 0.2) is 12.6 Å². The van der Waals surface area contributed by atoms with Gasteiger partial charge >= 0.3 is 0 Å². The molecule has 3 saturated heterocycles. The number of aliphatic hydroxyl groups is 7. The molecule has 5 rings (SSSR count). The maximum atomic E-state index is 14.2. The number of amides is 4. The third-order valence-electron chi connectivity index (χ3n) is 13.9. The lowest BCUT2D eigenvalue weighted by Gasteiger charge is -2.43. The van der Waals surface area contributed by atoms with E-state index in [9.17, 15) is 54.9 Å². The lowest BCUT2D eigenvalue weighted by Crippen LogP contribution is -2.65. The van der Waals surface area contributed by atoms with Gasteiger partial charge < -0.3 is 94.9 Å². The second-order valence-electron chi connectivity index (χ2n) is 19.6. The summed E-state index contributed by atoms with van der Waals surface area (Å²) in [6.07, 6.45) is -4.31. The molecular formula is C51H82N4O19. The average molecular weight is 1060 g/mol. The van der Waals surface area contributed by atoms with Crippen molar-refractivity contribution in [3.8, 4) is 5.75 Å². The summed E-state index contributed by atoms with van der Waals surface area (Å²) in [5.41, 5.74) is 0.162. The molecule has 0 aromatic heterocycles. The van der Waals surface area contributed by atoms with Gasteiger partial charge in [0, 0.05) is 27.9 Å². The number of aliphatic hydroxyl groups excluding tert-OH is 7. The van der Waals surface area contributed by atoms with Crippen LogP contribution in [0.4, 0.5) is 0 Å². The molecule has 1 aromatic rings. The van der Waals surface area contributed by atoms with Gasteiger partial charge in [-0.3, -0.25) is 19.2 Å². The fourth-order valence-electron chi connectivity index (χ4n) is 10.3. The van der Waals surface area contributed by atoms with Gasteiger partial charge in [-0.1, -0.05) is 50.5 Å². The number of hydrogen-bond donors (Lipinski definition) is 11. The first-order chi connectivity index (χ1) is 35.5. The zero-order valence-electron chi connectivity index (χ0n) is 43.4. The average Bonchev–Trinajstić information content (AvgIpc) is 4.11. The Labute approximate surface area is 432 Å². The number of rotatable bonds is 30. The lowest BCUT2D eigenvalue weighted by molar-refractivity contribution is -0.286. The molecule has 19 atom stereocenters. The number of allylic oxidation sites excluding steroid dienone is 2. The van der Waals surface area contributed by atoms with Crippen LogP contribution in [0.2, 0.25) is 0 Å². The van der Waals surface area contributed by atoms with Crippen LogP contribution in [0.1, 0.15) is 89.9 Å². The lowest BCUT2D eigenvalue weighted by atomic mass is 9.88. The third kappa shape index (κ3) is 16.5. The van der Waals surface area contributed by atoms with Crippen LogP contribution in [-0.4, -0.2) is 211 Å². The molecule has 19 unspecified atom stereocenters. The quantitative estimate of drug-likeness (QED) is 0.0248. The number of ether oxygens (including phenoxy) is 8. The molecule has 0 bridgehead atoms. The molecule has 11 N–H and O–H groups in total. The van der Waals surface area contributed by atoms with Gasteiger partial charge in [-0.25, -0.2) is 0 Å². The van der Waals surface area contributed by atoms with Crippen LogP contribution in [0.3, 0.4) is 0 Å². The minimum atomic E-state index is -1.65. The summed E-state index contributed by atoms with van der Waals surface area (Å²) in [4.78, 5) is 51.5. The van der Waals surface area contributed by atoms with Crippen molar-refractivity contribution in [2.45, 2.75) is 177 Å². The molecule has 0 radical (unpaired) electrons. The predicted octanol–water partition coefficient (Wildman–Crippen LogP) is -1.06. The molecule has 3 aliphatic heterocycles. The summed E-state index contributed by atoms with van der Waals surface area (Å²) in [5.74, 6) is -3.76. The van der Waals surface area contributed by atoms with Gasteiger partial charge in [0.25, 0.3) is 5.91 Å². The number of benzene rings is 1. The van der Waals surface area contributed by atoms with Crippen molar-refractivity contribution in [1.29, 1.82) is 0 Å². The highest BCUT2D eigenvalue weighted by Gasteiger charge is 2.69. The summed E-state index contributed by atoms with van der Waals surface area (Å²) < 4.78 is 48.6. The van der Waals surface area contributed by atoms with E-state index in [4.69, 9.17) is 37.9 Å². The largest absolute Gasteiger partial charge is 0.493 e. The summed E-state index contributed by atoms with van der Waals surface area (Å²) in [6.45, 7) is 4.94. The number of nitrogens with one attached hydrogen (secondary N) is 4. The summed E-state index contributed by atoms with van der Waals surface area (Å²) >= 11 is 0. The molecule has 0 spiro atoms. The Morgan fingerprint density at radius 2 is 1.50 bits per heavy atom. The van der Waals surface area contributed by atoms with Crippen LogP contribution in [0.25, 0.3) is 0 Å². The Morgan fingerprint density at radius 3 is 2.14 bits per heavy atom. The van der Waals surface area contributed by atoms with Crippen molar-refractivity contribution in [1.82, 2.24) is 21.3 Å². The van der Waals surface area contributed by atoms with Crippen LogP contribution in [-0.2, 0) is 47.5 Å². The van der Waals surface area contributed by atoms with Crippen LogP contribution >= 0.6 is 0 Å². The van der Waals surface area contributed by atoms with Crippen molar-refractivity contribution in [3.63, 3.8) is 0 Å². The first kappa shape index (κ1) is 60.9. The van der Waals surface area contributed by atoms with Crippen LogP contribution in [0, 0.1) is 17.8 Å². The Hall–Kier alpha value is -3.92. The summed E-state index contributed by atoms with van der Waals surface area (Å²) in [5, 5.41) is 87.7. The molecule has 4 aliphatic rings. The number of para-hydroxylation sites is 1.